The molecule has 0 aliphatic rings. The number of hydrogen-bond acceptors (Lipinski definition) is 5. The van der Waals surface area contributed by atoms with Crippen molar-refractivity contribution in [2.24, 2.45) is 0 Å². The van der Waals surface area contributed by atoms with Gasteiger partial charge in [0.05, 0.1) is 7.11 Å². The SMILES string of the molecule is COc1cc(/C=C(\C#N)C(=O)Nc2ccc(NC(C)=O)cc2)ccc1OCc1ccccc1Cl. The lowest BCUT2D eigenvalue weighted by molar-refractivity contribution is -0.114. The lowest BCUT2D eigenvalue weighted by Crippen LogP contribution is -2.13. The van der Waals surface area contributed by atoms with E-state index in [9.17, 15) is 14.9 Å². The van der Waals surface area contributed by atoms with Crippen LogP contribution in [0.2, 0.25) is 5.02 Å². The second kappa shape index (κ2) is 11.5. The largest absolute Gasteiger partial charge is 0.493 e. The molecule has 172 valence electrons. The summed E-state index contributed by atoms with van der Waals surface area (Å²) in [6.45, 7) is 1.67. The first kappa shape index (κ1) is 24.4. The van der Waals surface area contributed by atoms with Crippen LogP contribution in [0.4, 0.5) is 11.4 Å². The first-order valence-electron chi connectivity index (χ1n) is 10.2. The highest BCUT2D eigenvalue weighted by atomic mass is 35.5. The fourth-order valence-electron chi connectivity index (χ4n) is 3.02. The molecule has 7 nitrogen and oxygen atoms in total. The summed E-state index contributed by atoms with van der Waals surface area (Å²) >= 11 is 6.17. The smallest absolute Gasteiger partial charge is 0.266 e. The molecular weight excluding hydrogens is 454 g/mol. The van der Waals surface area contributed by atoms with E-state index in [2.05, 4.69) is 10.6 Å². The minimum absolute atomic E-state index is 0.0854. The minimum atomic E-state index is -0.562. The number of halogens is 1. The van der Waals surface area contributed by atoms with Crippen LogP contribution in [0.5, 0.6) is 11.5 Å². The lowest BCUT2D eigenvalue weighted by Gasteiger charge is -2.12. The Labute approximate surface area is 202 Å². The van der Waals surface area contributed by atoms with Crippen LogP contribution in [0, 0.1) is 11.3 Å². The van der Waals surface area contributed by atoms with Crippen LogP contribution in [0.15, 0.2) is 72.3 Å². The molecule has 2 N–H and O–H groups in total. The Hall–Kier alpha value is -4.28. The van der Waals surface area contributed by atoms with E-state index in [0.717, 1.165) is 5.56 Å². The number of anilines is 2. The van der Waals surface area contributed by atoms with E-state index >= 15 is 0 Å². The van der Waals surface area contributed by atoms with Gasteiger partial charge < -0.3 is 20.1 Å². The second-order valence-corrected chi connectivity index (χ2v) is 7.58. The monoisotopic (exact) mass is 475 g/mol. The van der Waals surface area contributed by atoms with Crippen molar-refractivity contribution < 1.29 is 19.1 Å². The zero-order valence-electron chi connectivity index (χ0n) is 18.6. The molecule has 0 saturated carbocycles. The second-order valence-electron chi connectivity index (χ2n) is 7.17. The molecule has 3 aromatic rings. The highest BCUT2D eigenvalue weighted by Crippen LogP contribution is 2.30. The summed E-state index contributed by atoms with van der Waals surface area (Å²) < 4.78 is 11.3. The van der Waals surface area contributed by atoms with Gasteiger partial charge in [0, 0.05) is 28.9 Å². The molecule has 0 radical (unpaired) electrons. The summed E-state index contributed by atoms with van der Waals surface area (Å²) in [6.07, 6.45) is 1.46. The average Bonchev–Trinajstić information content (AvgIpc) is 2.83. The number of amides is 2. The Balaban J connectivity index is 1.72. The standard InChI is InChI=1S/C26H22ClN3O4/c1-17(31)29-21-8-10-22(11-9-21)30-26(32)20(15-28)13-18-7-12-24(25(14-18)33-2)34-16-19-5-3-4-6-23(19)27/h3-14H,16H2,1-2H3,(H,29,31)(H,30,32)/b20-13+. The highest BCUT2D eigenvalue weighted by molar-refractivity contribution is 6.31. The molecule has 0 unspecified atom stereocenters. The van der Waals surface area contributed by atoms with Crippen molar-refractivity contribution in [3.8, 4) is 17.6 Å². The molecule has 3 rings (SSSR count). The van der Waals surface area contributed by atoms with Crippen LogP contribution in [-0.4, -0.2) is 18.9 Å². The number of nitriles is 1. The van der Waals surface area contributed by atoms with E-state index < -0.39 is 5.91 Å². The average molecular weight is 476 g/mol. The number of nitrogens with zero attached hydrogens (tertiary/aromatic N) is 1. The fourth-order valence-corrected chi connectivity index (χ4v) is 3.21. The number of methoxy groups -OCH3 is 1. The van der Waals surface area contributed by atoms with Crippen molar-refractivity contribution in [3.05, 3.63) is 88.5 Å². The number of hydrogen-bond donors (Lipinski definition) is 2. The van der Waals surface area contributed by atoms with Gasteiger partial charge in [-0.3, -0.25) is 9.59 Å². The molecule has 34 heavy (non-hydrogen) atoms. The van der Waals surface area contributed by atoms with Crippen molar-refractivity contribution >= 4 is 40.9 Å². The molecule has 0 aliphatic carbocycles. The summed E-state index contributed by atoms with van der Waals surface area (Å²) in [5.41, 5.74) is 2.43. The number of carbonyl (C=O) groups excluding carboxylic acids is 2. The van der Waals surface area contributed by atoms with Gasteiger partial charge in [0.15, 0.2) is 11.5 Å². The zero-order chi connectivity index (χ0) is 24.5. The van der Waals surface area contributed by atoms with Crippen molar-refractivity contribution in [1.29, 1.82) is 5.26 Å². The Morgan fingerprint density at radius 3 is 2.29 bits per heavy atom. The topological polar surface area (TPSA) is 100 Å². The summed E-state index contributed by atoms with van der Waals surface area (Å²) in [7, 11) is 1.51. The number of benzene rings is 3. The van der Waals surface area contributed by atoms with Gasteiger partial charge in [0.25, 0.3) is 5.91 Å². The predicted octanol–water partition coefficient (Wildman–Crippen LogP) is 5.43. The van der Waals surface area contributed by atoms with Gasteiger partial charge in [-0.25, -0.2) is 0 Å². The molecule has 8 heteroatoms. The van der Waals surface area contributed by atoms with Gasteiger partial charge in [-0.05, 0) is 54.1 Å². The van der Waals surface area contributed by atoms with Crippen molar-refractivity contribution in [1.82, 2.24) is 0 Å². The van der Waals surface area contributed by atoms with Gasteiger partial charge in [-0.15, -0.1) is 0 Å². The molecule has 2 amide bonds. The van der Waals surface area contributed by atoms with Gasteiger partial charge in [-0.2, -0.15) is 5.26 Å². The van der Waals surface area contributed by atoms with Crippen LogP contribution in [0.25, 0.3) is 6.08 Å². The van der Waals surface area contributed by atoms with E-state index in [1.54, 1.807) is 48.5 Å². The van der Waals surface area contributed by atoms with Crippen molar-refractivity contribution in [2.45, 2.75) is 13.5 Å². The number of ether oxygens (including phenoxy) is 2. The molecule has 0 spiro atoms. The summed E-state index contributed by atoms with van der Waals surface area (Å²) in [4.78, 5) is 23.7. The maximum atomic E-state index is 12.6. The molecule has 0 saturated heterocycles. The molecule has 0 heterocycles. The van der Waals surface area contributed by atoms with Gasteiger partial charge in [0.1, 0.15) is 18.2 Å². The third-order valence-electron chi connectivity index (χ3n) is 4.67. The Kier molecular flexibility index (Phi) is 8.27. The summed E-state index contributed by atoms with van der Waals surface area (Å²) in [5.74, 6) is 0.198. The molecule has 0 bridgehead atoms. The number of carbonyl (C=O) groups is 2. The first-order valence-corrected chi connectivity index (χ1v) is 10.6. The van der Waals surface area contributed by atoms with E-state index in [0.29, 0.717) is 33.5 Å². The molecule has 0 aromatic heterocycles. The zero-order valence-corrected chi connectivity index (χ0v) is 19.3. The van der Waals surface area contributed by atoms with E-state index in [4.69, 9.17) is 21.1 Å². The molecule has 0 fully saturated rings. The molecule has 0 atom stereocenters. The van der Waals surface area contributed by atoms with Gasteiger partial charge in [-0.1, -0.05) is 35.9 Å². The minimum Gasteiger partial charge on any atom is -0.493 e. The van der Waals surface area contributed by atoms with Crippen LogP contribution in [0.3, 0.4) is 0 Å². The van der Waals surface area contributed by atoms with Crippen molar-refractivity contribution in [2.75, 3.05) is 17.7 Å². The number of rotatable bonds is 8. The normalized spacial score (nSPS) is 10.7. The molecule has 3 aromatic carbocycles. The van der Waals surface area contributed by atoms with Gasteiger partial charge >= 0.3 is 0 Å². The fraction of sp³-hybridized carbons (Fsp3) is 0.115. The Morgan fingerprint density at radius 2 is 1.68 bits per heavy atom. The van der Waals surface area contributed by atoms with Crippen molar-refractivity contribution in [3.63, 3.8) is 0 Å². The van der Waals surface area contributed by atoms with Crippen LogP contribution in [-0.2, 0) is 16.2 Å². The Morgan fingerprint density at radius 1 is 1.00 bits per heavy atom. The maximum Gasteiger partial charge on any atom is 0.266 e. The lowest BCUT2D eigenvalue weighted by atomic mass is 10.1. The Bertz CT molecular complexity index is 1260. The quantitative estimate of drug-likeness (QED) is 0.334. The van der Waals surface area contributed by atoms with Crippen LogP contribution < -0.4 is 20.1 Å². The summed E-state index contributed by atoms with van der Waals surface area (Å²) in [6, 6.07) is 21.0. The van der Waals surface area contributed by atoms with E-state index in [1.807, 2.05) is 24.3 Å². The highest BCUT2D eigenvalue weighted by Gasteiger charge is 2.12. The summed E-state index contributed by atoms with van der Waals surface area (Å²) in [5, 5.41) is 15.4. The maximum absolute atomic E-state index is 12.6. The first-order chi connectivity index (χ1) is 16.4. The third kappa shape index (κ3) is 6.61. The van der Waals surface area contributed by atoms with Crippen LogP contribution >= 0.6 is 11.6 Å². The van der Waals surface area contributed by atoms with E-state index in [1.165, 1.54) is 20.1 Å². The number of nitrogens with one attached hydrogen (secondary N) is 2. The third-order valence-corrected chi connectivity index (χ3v) is 5.04. The van der Waals surface area contributed by atoms with E-state index in [-0.39, 0.29) is 18.1 Å². The van der Waals surface area contributed by atoms with Crippen LogP contribution in [0.1, 0.15) is 18.1 Å². The molecular formula is C26H22ClN3O4. The van der Waals surface area contributed by atoms with Gasteiger partial charge in [0.2, 0.25) is 5.91 Å². The molecule has 0 aliphatic heterocycles. The predicted molar refractivity (Wildman–Crippen MR) is 132 cm³/mol.